The quantitative estimate of drug-likeness (QED) is 0.739. The minimum atomic E-state index is -0.829. The Morgan fingerprint density at radius 2 is 2.14 bits per heavy atom. The lowest BCUT2D eigenvalue weighted by molar-refractivity contribution is -0.132. The molecule has 1 aliphatic rings. The Kier molecular flexibility index (Phi) is 2.57. The summed E-state index contributed by atoms with van der Waals surface area (Å²) in [7, 11) is 0. The van der Waals surface area contributed by atoms with Gasteiger partial charge in [-0.25, -0.2) is 0 Å². The summed E-state index contributed by atoms with van der Waals surface area (Å²) in [6.07, 6.45) is 1.69. The van der Waals surface area contributed by atoms with E-state index >= 15 is 0 Å². The first kappa shape index (κ1) is 9.69. The van der Waals surface area contributed by atoms with Crippen molar-refractivity contribution < 1.29 is 9.84 Å². The molecule has 0 heterocycles. The van der Waals surface area contributed by atoms with Crippen LogP contribution in [-0.4, -0.2) is 17.5 Å². The van der Waals surface area contributed by atoms with E-state index in [4.69, 9.17) is 4.74 Å². The minimum absolute atomic E-state index is 0.282. The second-order valence-electron chi connectivity index (χ2n) is 3.87. The highest BCUT2D eigenvalue weighted by Gasteiger charge is 2.53. The summed E-state index contributed by atoms with van der Waals surface area (Å²) in [5.74, 6) is -0.547. The van der Waals surface area contributed by atoms with Gasteiger partial charge in [-0.2, -0.15) is 0 Å². The lowest BCUT2D eigenvalue weighted by atomic mass is 10.1. The summed E-state index contributed by atoms with van der Waals surface area (Å²) >= 11 is 0. The molecule has 14 heavy (non-hydrogen) atoms. The van der Waals surface area contributed by atoms with Gasteiger partial charge in [-0.3, -0.25) is 0 Å². The summed E-state index contributed by atoms with van der Waals surface area (Å²) in [6.45, 7) is 2.50. The zero-order chi connectivity index (χ0) is 10.0. The average Bonchev–Trinajstić information content (AvgIpc) is 2.78. The number of rotatable bonds is 4. The molecule has 1 aromatic carbocycles. The molecule has 1 saturated carbocycles. The molecule has 1 N–H and O–H groups in total. The molecule has 0 radical (unpaired) electrons. The highest BCUT2D eigenvalue weighted by Crippen LogP contribution is 2.46. The molecule has 0 unspecified atom stereocenters. The van der Waals surface area contributed by atoms with Crippen LogP contribution in [0.4, 0.5) is 0 Å². The average molecular weight is 192 g/mol. The molecule has 2 nitrogen and oxygen atoms in total. The van der Waals surface area contributed by atoms with Crippen molar-refractivity contribution in [2.75, 3.05) is 6.61 Å². The molecule has 0 amide bonds. The van der Waals surface area contributed by atoms with Crippen molar-refractivity contribution in [2.24, 2.45) is 5.92 Å². The summed E-state index contributed by atoms with van der Waals surface area (Å²) < 4.78 is 5.28. The third-order valence-electron chi connectivity index (χ3n) is 2.74. The maximum atomic E-state index is 9.83. The highest BCUT2D eigenvalue weighted by molar-refractivity contribution is 5.18. The van der Waals surface area contributed by atoms with Crippen LogP contribution in [0.15, 0.2) is 30.3 Å². The largest absolute Gasteiger partial charge is 0.365 e. The van der Waals surface area contributed by atoms with Gasteiger partial charge in [0.1, 0.15) is 0 Å². The molecule has 0 saturated heterocycles. The zero-order valence-electron chi connectivity index (χ0n) is 8.44. The maximum absolute atomic E-state index is 9.83. The normalized spacial score (nSPS) is 30.3. The molecule has 0 aliphatic heterocycles. The lowest BCUT2D eigenvalue weighted by Gasteiger charge is -2.09. The SMILES string of the molecule is CCO[C@]1(O)C[C@@H]1Cc1ccccc1. The maximum Gasteiger partial charge on any atom is 0.169 e. The van der Waals surface area contributed by atoms with Crippen LogP contribution in [-0.2, 0) is 11.2 Å². The molecule has 2 heteroatoms. The summed E-state index contributed by atoms with van der Waals surface area (Å²) in [5.41, 5.74) is 1.27. The van der Waals surface area contributed by atoms with Crippen molar-refractivity contribution in [2.45, 2.75) is 25.6 Å². The van der Waals surface area contributed by atoms with Gasteiger partial charge in [-0.1, -0.05) is 30.3 Å². The summed E-state index contributed by atoms with van der Waals surface area (Å²) in [5, 5.41) is 9.83. The van der Waals surface area contributed by atoms with Crippen LogP contribution in [0.2, 0.25) is 0 Å². The smallest absolute Gasteiger partial charge is 0.169 e. The van der Waals surface area contributed by atoms with E-state index in [9.17, 15) is 5.11 Å². The van der Waals surface area contributed by atoms with E-state index in [2.05, 4.69) is 12.1 Å². The number of ether oxygens (including phenoxy) is 1. The Hall–Kier alpha value is -0.860. The minimum Gasteiger partial charge on any atom is -0.365 e. The molecule has 1 aromatic rings. The van der Waals surface area contributed by atoms with E-state index in [-0.39, 0.29) is 5.92 Å². The Morgan fingerprint density at radius 3 is 2.79 bits per heavy atom. The standard InChI is InChI=1S/C12H16O2/c1-2-14-12(13)9-11(12)8-10-6-4-3-5-7-10/h3-7,11,13H,2,8-9H2,1H3/t11-,12+/m0/s1. The van der Waals surface area contributed by atoms with Crippen LogP contribution >= 0.6 is 0 Å². The van der Waals surface area contributed by atoms with Gasteiger partial charge in [0, 0.05) is 18.9 Å². The Labute approximate surface area is 84.5 Å². The first-order valence-electron chi connectivity index (χ1n) is 5.15. The van der Waals surface area contributed by atoms with Crippen LogP contribution in [0, 0.1) is 5.92 Å². The molecule has 1 aliphatic carbocycles. The van der Waals surface area contributed by atoms with E-state index in [1.54, 1.807) is 0 Å². The number of benzene rings is 1. The van der Waals surface area contributed by atoms with Crippen molar-refractivity contribution in [3.05, 3.63) is 35.9 Å². The van der Waals surface area contributed by atoms with E-state index < -0.39 is 5.79 Å². The predicted molar refractivity (Wildman–Crippen MR) is 54.8 cm³/mol. The summed E-state index contributed by atoms with van der Waals surface area (Å²) in [6, 6.07) is 10.2. The van der Waals surface area contributed by atoms with E-state index in [1.165, 1.54) is 5.56 Å². The van der Waals surface area contributed by atoms with Crippen LogP contribution in [0.1, 0.15) is 18.9 Å². The number of hydrogen-bond donors (Lipinski definition) is 1. The van der Waals surface area contributed by atoms with Crippen LogP contribution < -0.4 is 0 Å². The van der Waals surface area contributed by atoms with Gasteiger partial charge in [-0.05, 0) is 18.9 Å². The molecular formula is C12H16O2. The topological polar surface area (TPSA) is 29.5 Å². The Balaban J connectivity index is 1.90. The van der Waals surface area contributed by atoms with Gasteiger partial charge in [0.15, 0.2) is 5.79 Å². The highest BCUT2D eigenvalue weighted by atomic mass is 16.6. The molecule has 2 rings (SSSR count). The van der Waals surface area contributed by atoms with Crippen LogP contribution in [0.3, 0.4) is 0 Å². The third-order valence-corrected chi connectivity index (χ3v) is 2.74. The van der Waals surface area contributed by atoms with Gasteiger partial charge in [0.05, 0.1) is 0 Å². The van der Waals surface area contributed by atoms with Gasteiger partial charge < -0.3 is 9.84 Å². The zero-order valence-corrected chi connectivity index (χ0v) is 8.44. The van der Waals surface area contributed by atoms with Crippen molar-refractivity contribution in [3.63, 3.8) is 0 Å². The predicted octanol–water partition coefficient (Wildman–Crippen LogP) is 1.97. The molecule has 0 bridgehead atoms. The second kappa shape index (κ2) is 3.71. The van der Waals surface area contributed by atoms with Crippen molar-refractivity contribution in [1.82, 2.24) is 0 Å². The van der Waals surface area contributed by atoms with Crippen LogP contribution in [0.5, 0.6) is 0 Å². The fourth-order valence-electron chi connectivity index (χ4n) is 1.85. The molecule has 0 spiro atoms. The van der Waals surface area contributed by atoms with E-state index in [0.29, 0.717) is 6.61 Å². The molecule has 1 fully saturated rings. The second-order valence-corrected chi connectivity index (χ2v) is 3.87. The third kappa shape index (κ3) is 1.97. The van der Waals surface area contributed by atoms with Gasteiger partial charge in [0.25, 0.3) is 0 Å². The lowest BCUT2D eigenvalue weighted by Crippen LogP contribution is -2.16. The first-order valence-corrected chi connectivity index (χ1v) is 5.15. The monoisotopic (exact) mass is 192 g/mol. The Morgan fingerprint density at radius 1 is 1.43 bits per heavy atom. The summed E-state index contributed by atoms with van der Waals surface area (Å²) in [4.78, 5) is 0. The van der Waals surface area contributed by atoms with Gasteiger partial charge in [-0.15, -0.1) is 0 Å². The molecule has 2 atom stereocenters. The fourth-order valence-corrected chi connectivity index (χ4v) is 1.85. The van der Waals surface area contributed by atoms with Crippen molar-refractivity contribution in [3.8, 4) is 0 Å². The van der Waals surface area contributed by atoms with Gasteiger partial charge >= 0.3 is 0 Å². The fraction of sp³-hybridized carbons (Fsp3) is 0.500. The Bertz CT molecular complexity index is 296. The van der Waals surface area contributed by atoms with E-state index in [1.807, 2.05) is 25.1 Å². The molecule has 76 valence electrons. The van der Waals surface area contributed by atoms with Crippen LogP contribution in [0.25, 0.3) is 0 Å². The van der Waals surface area contributed by atoms with Gasteiger partial charge in [0.2, 0.25) is 0 Å². The number of hydrogen-bond acceptors (Lipinski definition) is 2. The first-order chi connectivity index (χ1) is 6.74. The van der Waals surface area contributed by atoms with Crippen molar-refractivity contribution in [1.29, 1.82) is 0 Å². The molecular weight excluding hydrogens is 176 g/mol. The van der Waals surface area contributed by atoms with Crippen molar-refractivity contribution >= 4 is 0 Å². The number of aliphatic hydroxyl groups is 1. The molecule has 0 aromatic heterocycles. The van der Waals surface area contributed by atoms with E-state index in [0.717, 1.165) is 12.8 Å².